The van der Waals surface area contributed by atoms with Crippen LogP contribution in [0, 0.1) is 0 Å². The average Bonchev–Trinajstić information content (AvgIpc) is 3.09. The Labute approximate surface area is 179 Å². The first-order valence-corrected chi connectivity index (χ1v) is 10.3. The summed E-state index contributed by atoms with van der Waals surface area (Å²) in [6.07, 6.45) is 9.62. The molecule has 0 spiro atoms. The van der Waals surface area contributed by atoms with Gasteiger partial charge in [-0.3, -0.25) is 4.68 Å². The van der Waals surface area contributed by atoms with Gasteiger partial charge in [-0.25, -0.2) is 4.98 Å². The zero-order valence-corrected chi connectivity index (χ0v) is 17.6. The summed E-state index contributed by atoms with van der Waals surface area (Å²) in [7, 11) is 1.89. The van der Waals surface area contributed by atoms with Crippen molar-refractivity contribution in [3.05, 3.63) is 46.8 Å². The normalized spacial score (nSPS) is 19.2. The van der Waals surface area contributed by atoms with Crippen LogP contribution in [-0.4, -0.2) is 31.8 Å². The molecule has 1 aliphatic carbocycles. The molecule has 0 radical (unpaired) electrons. The third-order valence-corrected chi connectivity index (χ3v) is 5.47. The molecule has 4 N–H and O–H groups in total. The van der Waals surface area contributed by atoms with E-state index >= 15 is 0 Å². The minimum Gasteiger partial charge on any atom is -0.367 e. The number of aromatic nitrogens is 4. The van der Waals surface area contributed by atoms with E-state index in [0.29, 0.717) is 28.1 Å². The average molecular weight is 432 g/mol. The molecule has 1 aliphatic rings. The van der Waals surface area contributed by atoms with E-state index in [2.05, 4.69) is 20.7 Å². The summed E-state index contributed by atoms with van der Waals surface area (Å²) < 4.78 is 1.76. The fraction of sp³-hybridized carbons (Fsp3) is 0.350. The molecule has 0 saturated heterocycles. The van der Waals surface area contributed by atoms with Gasteiger partial charge >= 0.3 is 0 Å². The van der Waals surface area contributed by atoms with Gasteiger partial charge < -0.3 is 16.4 Å². The fourth-order valence-corrected chi connectivity index (χ4v) is 4.06. The van der Waals surface area contributed by atoms with Gasteiger partial charge in [-0.15, -0.1) is 0 Å². The number of halogens is 2. The van der Waals surface area contributed by atoms with Gasteiger partial charge in [-0.1, -0.05) is 23.2 Å². The largest absolute Gasteiger partial charge is 0.367 e. The highest BCUT2D eigenvalue weighted by atomic mass is 35.5. The van der Waals surface area contributed by atoms with Crippen LogP contribution < -0.4 is 16.4 Å². The van der Waals surface area contributed by atoms with Crippen molar-refractivity contribution in [1.29, 1.82) is 0 Å². The summed E-state index contributed by atoms with van der Waals surface area (Å²) in [5.74, 6) is 1.23. The Morgan fingerprint density at radius 1 is 1.07 bits per heavy atom. The number of nitrogens with two attached hydrogens (primary N) is 1. The minimum absolute atomic E-state index is 0.293. The number of hydrogen-bond acceptors (Lipinski definition) is 6. The van der Waals surface area contributed by atoms with Crippen LogP contribution in [0.2, 0.25) is 10.0 Å². The van der Waals surface area contributed by atoms with E-state index in [1.807, 2.05) is 19.4 Å². The van der Waals surface area contributed by atoms with E-state index in [4.69, 9.17) is 33.9 Å². The molecular formula is C20H23Cl2N7. The molecule has 0 amide bonds. The summed E-state index contributed by atoms with van der Waals surface area (Å²) >= 11 is 12.2. The number of hydrogen-bond donors (Lipinski definition) is 3. The fourth-order valence-electron chi connectivity index (χ4n) is 3.54. The number of benzene rings is 1. The Hall–Kier alpha value is -2.35. The van der Waals surface area contributed by atoms with E-state index in [9.17, 15) is 0 Å². The molecule has 0 unspecified atom stereocenters. The molecule has 0 bridgehead atoms. The maximum Gasteiger partial charge on any atom is 0.229 e. The lowest BCUT2D eigenvalue weighted by molar-refractivity contribution is 0.410. The summed E-state index contributed by atoms with van der Waals surface area (Å²) in [6.45, 7) is 0. The molecular weight excluding hydrogens is 409 g/mol. The summed E-state index contributed by atoms with van der Waals surface area (Å²) in [4.78, 5) is 9.22. The topological polar surface area (TPSA) is 93.7 Å². The Morgan fingerprint density at radius 2 is 1.79 bits per heavy atom. The molecule has 4 rings (SSSR count). The quantitative estimate of drug-likeness (QED) is 0.545. The SMILES string of the molecule is Cn1cc(-c2cnc(Nc3cc(Cl)cc(Cl)c3)nc2NC2CCC(N)CC2)cn1. The van der Waals surface area contributed by atoms with Crippen LogP contribution in [-0.2, 0) is 7.05 Å². The van der Waals surface area contributed by atoms with E-state index in [1.54, 1.807) is 29.1 Å². The lowest BCUT2D eigenvalue weighted by Crippen LogP contribution is -2.33. The van der Waals surface area contributed by atoms with Crippen molar-refractivity contribution in [1.82, 2.24) is 19.7 Å². The first-order valence-electron chi connectivity index (χ1n) is 9.57. The van der Waals surface area contributed by atoms with Gasteiger partial charge in [0.05, 0.1) is 6.20 Å². The van der Waals surface area contributed by atoms with Gasteiger partial charge in [0.1, 0.15) is 5.82 Å². The lowest BCUT2D eigenvalue weighted by atomic mass is 9.91. The van der Waals surface area contributed by atoms with Crippen LogP contribution in [0.5, 0.6) is 0 Å². The van der Waals surface area contributed by atoms with Crippen molar-refractivity contribution in [2.75, 3.05) is 10.6 Å². The third kappa shape index (κ3) is 4.98. The molecule has 0 atom stereocenters. The number of anilines is 3. The molecule has 1 fully saturated rings. The molecule has 29 heavy (non-hydrogen) atoms. The van der Waals surface area contributed by atoms with Crippen LogP contribution in [0.25, 0.3) is 11.1 Å². The van der Waals surface area contributed by atoms with Crippen LogP contribution in [0.15, 0.2) is 36.8 Å². The van der Waals surface area contributed by atoms with Crippen molar-refractivity contribution in [2.45, 2.75) is 37.8 Å². The van der Waals surface area contributed by atoms with Crippen molar-refractivity contribution in [3.8, 4) is 11.1 Å². The van der Waals surface area contributed by atoms with E-state index in [-0.39, 0.29) is 0 Å². The Balaban J connectivity index is 1.63. The molecule has 9 heteroatoms. The molecule has 3 aromatic rings. The van der Waals surface area contributed by atoms with Crippen molar-refractivity contribution < 1.29 is 0 Å². The second-order valence-corrected chi connectivity index (χ2v) is 8.27. The van der Waals surface area contributed by atoms with Crippen molar-refractivity contribution in [3.63, 3.8) is 0 Å². The highest BCUT2D eigenvalue weighted by Crippen LogP contribution is 2.30. The van der Waals surface area contributed by atoms with Gasteiger partial charge in [-0.05, 0) is 43.9 Å². The Kier molecular flexibility index (Phi) is 5.89. The summed E-state index contributed by atoms with van der Waals surface area (Å²) in [5.41, 5.74) is 8.64. The molecule has 2 heterocycles. The molecule has 152 valence electrons. The van der Waals surface area contributed by atoms with Gasteiger partial charge in [0.15, 0.2) is 0 Å². The first kappa shape index (κ1) is 19.9. The highest BCUT2D eigenvalue weighted by Gasteiger charge is 2.21. The zero-order valence-electron chi connectivity index (χ0n) is 16.1. The van der Waals surface area contributed by atoms with Crippen molar-refractivity contribution in [2.24, 2.45) is 12.8 Å². The lowest BCUT2D eigenvalue weighted by Gasteiger charge is -2.28. The third-order valence-electron chi connectivity index (χ3n) is 5.04. The van der Waals surface area contributed by atoms with Crippen molar-refractivity contribution >= 4 is 40.7 Å². The predicted octanol–water partition coefficient (Wildman–Crippen LogP) is 4.61. The number of aryl methyl sites for hydroxylation is 1. The Bertz CT molecular complexity index is 976. The number of nitrogens with zero attached hydrogens (tertiary/aromatic N) is 4. The van der Waals surface area contributed by atoms with E-state index < -0.39 is 0 Å². The monoisotopic (exact) mass is 431 g/mol. The highest BCUT2D eigenvalue weighted by molar-refractivity contribution is 6.35. The molecule has 0 aliphatic heterocycles. The van der Waals surface area contributed by atoms with E-state index in [1.165, 1.54) is 0 Å². The predicted molar refractivity (Wildman–Crippen MR) is 118 cm³/mol. The van der Waals surface area contributed by atoms with Gasteiger partial charge in [0, 0.05) is 58.4 Å². The van der Waals surface area contributed by atoms with Crippen LogP contribution in [0.4, 0.5) is 17.5 Å². The second-order valence-electron chi connectivity index (χ2n) is 7.40. The van der Waals surface area contributed by atoms with Crippen LogP contribution in [0.1, 0.15) is 25.7 Å². The zero-order chi connectivity index (χ0) is 20.4. The molecule has 7 nitrogen and oxygen atoms in total. The van der Waals surface area contributed by atoms with E-state index in [0.717, 1.165) is 48.3 Å². The minimum atomic E-state index is 0.293. The maximum absolute atomic E-state index is 6.10. The van der Waals surface area contributed by atoms with Gasteiger partial charge in [0.25, 0.3) is 0 Å². The summed E-state index contributed by atoms with van der Waals surface area (Å²) in [6, 6.07) is 5.86. The maximum atomic E-state index is 6.10. The molecule has 1 saturated carbocycles. The summed E-state index contributed by atoms with van der Waals surface area (Å²) in [5, 5.41) is 12.1. The van der Waals surface area contributed by atoms with Crippen LogP contribution >= 0.6 is 23.2 Å². The number of nitrogens with one attached hydrogen (secondary N) is 2. The van der Waals surface area contributed by atoms with Gasteiger partial charge in [0.2, 0.25) is 5.95 Å². The molecule has 1 aromatic carbocycles. The number of rotatable bonds is 5. The standard InChI is InChI=1S/C20H23Cl2N7/c1-29-11-12(9-25-29)18-10-24-20(27-17-7-13(21)6-14(22)8-17)28-19(18)26-16-4-2-15(23)3-5-16/h6-11,15-16H,2-5,23H2,1H3,(H2,24,26,27,28). The smallest absolute Gasteiger partial charge is 0.229 e. The Morgan fingerprint density at radius 3 is 2.45 bits per heavy atom. The van der Waals surface area contributed by atoms with Gasteiger partial charge in [-0.2, -0.15) is 10.1 Å². The second kappa shape index (κ2) is 8.57. The van der Waals surface area contributed by atoms with Crippen LogP contribution in [0.3, 0.4) is 0 Å². The molecule has 2 aromatic heterocycles. The first-order chi connectivity index (χ1) is 14.0.